The molecule has 2 aromatic rings. The summed E-state index contributed by atoms with van der Waals surface area (Å²) in [6.45, 7) is 3.42. The lowest BCUT2D eigenvalue weighted by atomic mass is 10.1. The number of hydrogen-bond acceptors (Lipinski definition) is 5. The van der Waals surface area contributed by atoms with Crippen molar-refractivity contribution in [2.75, 3.05) is 31.1 Å². The number of nitrogens with one attached hydrogen (secondary N) is 1. The summed E-state index contributed by atoms with van der Waals surface area (Å²) in [7, 11) is -7.22. The molecule has 0 spiro atoms. The first-order valence-electron chi connectivity index (χ1n) is 10.8. The van der Waals surface area contributed by atoms with E-state index >= 15 is 0 Å². The first-order chi connectivity index (χ1) is 15.2. The molecule has 2 aliphatic rings. The van der Waals surface area contributed by atoms with E-state index in [1.54, 1.807) is 42.2 Å². The second kappa shape index (κ2) is 8.93. The molecule has 172 valence electrons. The molecule has 2 aliphatic heterocycles. The van der Waals surface area contributed by atoms with Crippen LogP contribution in [0.4, 0.5) is 5.69 Å². The minimum Gasteiger partial charge on any atom is -0.308 e. The van der Waals surface area contributed by atoms with E-state index in [2.05, 4.69) is 4.72 Å². The number of benzene rings is 2. The molecule has 0 radical (unpaired) electrons. The average molecular weight is 478 g/mol. The van der Waals surface area contributed by atoms with E-state index in [0.717, 1.165) is 24.8 Å². The molecule has 0 aliphatic carbocycles. The van der Waals surface area contributed by atoms with Crippen molar-refractivity contribution in [1.29, 1.82) is 0 Å². The van der Waals surface area contributed by atoms with Gasteiger partial charge in [-0.1, -0.05) is 19.4 Å². The van der Waals surface area contributed by atoms with Gasteiger partial charge < -0.3 is 4.90 Å². The predicted octanol–water partition coefficient (Wildman–Crippen LogP) is 2.36. The Hall–Kier alpha value is -2.27. The van der Waals surface area contributed by atoms with Gasteiger partial charge in [0.05, 0.1) is 9.79 Å². The third-order valence-electron chi connectivity index (χ3n) is 5.87. The lowest BCUT2D eigenvalue weighted by Crippen LogP contribution is -2.35. The van der Waals surface area contributed by atoms with E-state index in [-0.39, 0.29) is 27.8 Å². The quantitative estimate of drug-likeness (QED) is 0.688. The van der Waals surface area contributed by atoms with Crippen LogP contribution in [0.3, 0.4) is 0 Å². The SMILES string of the molecule is CCNS(=O)(=O)c1cccc(C(=O)N2CCc3cc(S(=O)(=O)N4CCCCC4)ccc32)c1. The summed E-state index contributed by atoms with van der Waals surface area (Å²) in [4.78, 5) is 15.0. The number of nitrogens with zero attached hydrogens (tertiary/aromatic N) is 2. The Morgan fingerprint density at radius 1 is 0.938 bits per heavy atom. The van der Waals surface area contributed by atoms with Crippen molar-refractivity contribution in [3.63, 3.8) is 0 Å². The van der Waals surface area contributed by atoms with E-state index in [1.165, 1.54) is 16.4 Å². The van der Waals surface area contributed by atoms with Gasteiger partial charge in [-0.05, 0) is 61.2 Å². The van der Waals surface area contributed by atoms with E-state index in [4.69, 9.17) is 0 Å². The van der Waals surface area contributed by atoms with Crippen LogP contribution in [-0.2, 0) is 26.5 Å². The Balaban J connectivity index is 1.60. The Morgan fingerprint density at radius 2 is 1.69 bits per heavy atom. The van der Waals surface area contributed by atoms with Crippen molar-refractivity contribution in [2.45, 2.75) is 42.4 Å². The van der Waals surface area contributed by atoms with Crippen molar-refractivity contribution >= 4 is 31.6 Å². The first kappa shape index (κ1) is 22.9. The molecule has 0 atom stereocenters. The van der Waals surface area contributed by atoms with Gasteiger partial charge in [-0.15, -0.1) is 0 Å². The summed E-state index contributed by atoms with van der Waals surface area (Å²) in [5, 5.41) is 0. The van der Waals surface area contributed by atoms with E-state index in [9.17, 15) is 21.6 Å². The fourth-order valence-corrected chi connectivity index (χ4v) is 6.88. The summed E-state index contributed by atoms with van der Waals surface area (Å²) < 4.78 is 54.5. The summed E-state index contributed by atoms with van der Waals surface area (Å²) in [6.07, 6.45) is 3.33. The number of fused-ring (bicyclic) bond motifs is 1. The molecule has 2 heterocycles. The molecule has 1 N–H and O–H groups in total. The standard InChI is InChI=1S/C22H27N3O5S2/c1-2-23-31(27,28)19-8-6-7-18(16-19)22(26)25-14-11-17-15-20(9-10-21(17)25)32(29,30)24-12-4-3-5-13-24/h6-10,15-16,23H,2-5,11-14H2,1H3. The number of piperidine rings is 1. The van der Waals surface area contributed by atoms with Crippen molar-refractivity contribution in [2.24, 2.45) is 0 Å². The third kappa shape index (κ3) is 4.32. The molecule has 1 fully saturated rings. The van der Waals surface area contributed by atoms with Crippen LogP contribution < -0.4 is 9.62 Å². The highest BCUT2D eigenvalue weighted by Crippen LogP contribution is 2.33. The fourth-order valence-electron chi connectivity index (χ4n) is 4.23. The molecule has 8 nitrogen and oxygen atoms in total. The minimum atomic E-state index is -3.68. The molecule has 1 amide bonds. The molecule has 10 heteroatoms. The second-order valence-corrected chi connectivity index (χ2v) is 11.7. The minimum absolute atomic E-state index is 0.0348. The maximum absolute atomic E-state index is 13.2. The maximum atomic E-state index is 13.2. The van der Waals surface area contributed by atoms with E-state index < -0.39 is 20.0 Å². The van der Waals surface area contributed by atoms with Gasteiger partial charge >= 0.3 is 0 Å². The number of rotatable bonds is 6. The zero-order valence-corrected chi connectivity index (χ0v) is 19.6. The average Bonchev–Trinajstić information content (AvgIpc) is 3.22. The fraction of sp³-hybridized carbons (Fsp3) is 0.409. The predicted molar refractivity (Wildman–Crippen MR) is 122 cm³/mol. The number of carbonyl (C=O) groups excluding carboxylic acids is 1. The van der Waals surface area contributed by atoms with E-state index in [0.29, 0.717) is 31.7 Å². The summed E-state index contributed by atoms with van der Waals surface area (Å²) in [5.74, 6) is -0.316. The van der Waals surface area contributed by atoms with Crippen LogP contribution in [0, 0.1) is 0 Å². The molecule has 0 aromatic heterocycles. The molecule has 0 bridgehead atoms. The van der Waals surface area contributed by atoms with Crippen LogP contribution in [0.25, 0.3) is 0 Å². The molecule has 0 unspecified atom stereocenters. The molecular formula is C22H27N3O5S2. The van der Waals surface area contributed by atoms with Crippen molar-refractivity contribution < 1.29 is 21.6 Å². The summed E-state index contributed by atoms with van der Waals surface area (Å²) in [5.41, 5.74) is 1.72. The number of amides is 1. The highest BCUT2D eigenvalue weighted by atomic mass is 32.2. The van der Waals surface area contributed by atoms with Gasteiger partial charge in [0, 0.05) is 37.4 Å². The largest absolute Gasteiger partial charge is 0.308 e. The van der Waals surface area contributed by atoms with Crippen LogP contribution in [0.5, 0.6) is 0 Å². The van der Waals surface area contributed by atoms with Crippen molar-refractivity contribution in [3.05, 3.63) is 53.6 Å². The van der Waals surface area contributed by atoms with Crippen molar-refractivity contribution in [3.8, 4) is 0 Å². The number of anilines is 1. The second-order valence-electron chi connectivity index (χ2n) is 7.99. The number of carbonyl (C=O) groups is 1. The first-order valence-corrected chi connectivity index (χ1v) is 13.7. The van der Waals surface area contributed by atoms with Gasteiger partial charge in [0.2, 0.25) is 20.0 Å². The number of sulfonamides is 2. The smallest absolute Gasteiger partial charge is 0.258 e. The maximum Gasteiger partial charge on any atom is 0.258 e. The Bertz CT molecular complexity index is 1240. The monoisotopic (exact) mass is 477 g/mol. The van der Waals surface area contributed by atoms with E-state index in [1.807, 2.05) is 0 Å². The third-order valence-corrected chi connectivity index (χ3v) is 9.31. The molecular weight excluding hydrogens is 450 g/mol. The highest BCUT2D eigenvalue weighted by molar-refractivity contribution is 7.89. The van der Waals surface area contributed by atoms with Crippen LogP contribution in [0.1, 0.15) is 42.1 Å². The lowest BCUT2D eigenvalue weighted by molar-refractivity contribution is 0.0989. The topological polar surface area (TPSA) is 104 Å². The van der Waals surface area contributed by atoms with Crippen LogP contribution >= 0.6 is 0 Å². The van der Waals surface area contributed by atoms with Crippen LogP contribution in [-0.4, -0.2) is 53.2 Å². The van der Waals surface area contributed by atoms with Crippen LogP contribution in [0.2, 0.25) is 0 Å². The highest BCUT2D eigenvalue weighted by Gasteiger charge is 2.30. The lowest BCUT2D eigenvalue weighted by Gasteiger charge is -2.26. The van der Waals surface area contributed by atoms with Crippen molar-refractivity contribution in [1.82, 2.24) is 9.03 Å². The Labute approximate surface area is 189 Å². The molecule has 4 rings (SSSR count). The van der Waals surface area contributed by atoms with Crippen LogP contribution in [0.15, 0.2) is 52.3 Å². The zero-order valence-electron chi connectivity index (χ0n) is 18.0. The van der Waals surface area contributed by atoms with Gasteiger partial charge in [-0.25, -0.2) is 21.6 Å². The Kier molecular flexibility index (Phi) is 6.39. The summed E-state index contributed by atoms with van der Waals surface area (Å²) in [6, 6.07) is 10.8. The molecule has 32 heavy (non-hydrogen) atoms. The molecule has 1 saturated heterocycles. The van der Waals surface area contributed by atoms with Gasteiger partial charge in [-0.3, -0.25) is 4.79 Å². The van der Waals surface area contributed by atoms with Gasteiger partial charge in [-0.2, -0.15) is 4.31 Å². The van der Waals surface area contributed by atoms with Gasteiger partial charge in [0.1, 0.15) is 0 Å². The molecule has 0 saturated carbocycles. The zero-order chi connectivity index (χ0) is 22.9. The van der Waals surface area contributed by atoms with Gasteiger partial charge in [0.25, 0.3) is 5.91 Å². The Morgan fingerprint density at radius 3 is 2.41 bits per heavy atom. The molecule has 2 aromatic carbocycles. The summed E-state index contributed by atoms with van der Waals surface area (Å²) >= 11 is 0. The van der Waals surface area contributed by atoms with Gasteiger partial charge in [0.15, 0.2) is 0 Å². The normalized spacial score (nSPS) is 17.3. The number of hydrogen-bond donors (Lipinski definition) is 1.